The van der Waals surface area contributed by atoms with Crippen LogP contribution in [-0.4, -0.2) is 56.1 Å². The Bertz CT molecular complexity index is 556. The molecule has 106 valence electrons. The third kappa shape index (κ3) is 2.87. The number of aliphatic hydroxyl groups is 1. The van der Waals surface area contributed by atoms with Crippen LogP contribution in [-0.2, 0) is 6.54 Å². The summed E-state index contributed by atoms with van der Waals surface area (Å²) in [7, 11) is 0. The molecule has 0 radical (unpaired) electrons. The van der Waals surface area contributed by atoms with Crippen LogP contribution in [0.3, 0.4) is 0 Å². The molecule has 7 nitrogen and oxygen atoms in total. The zero-order valence-electron chi connectivity index (χ0n) is 10.7. The van der Waals surface area contributed by atoms with Crippen LogP contribution in [0.15, 0.2) is 24.2 Å². The van der Waals surface area contributed by atoms with Gasteiger partial charge in [0.2, 0.25) is 0 Å². The van der Waals surface area contributed by atoms with Crippen molar-refractivity contribution in [2.75, 3.05) is 13.1 Å². The molecule has 0 spiro atoms. The molecule has 0 bridgehead atoms. The van der Waals surface area contributed by atoms with Crippen molar-refractivity contribution in [1.82, 2.24) is 25.2 Å². The quantitative estimate of drug-likeness (QED) is 0.728. The normalized spacial score (nSPS) is 23.1. The molecule has 1 saturated heterocycles. The fourth-order valence-corrected chi connectivity index (χ4v) is 2.94. The molecule has 3 rings (SSSR count). The number of nitrogens with one attached hydrogen (secondary N) is 2. The van der Waals surface area contributed by atoms with Crippen LogP contribution in [0.5, 0.6) is 0 Å². The molecule has 1 fully saturated rings. The van der Waals surface area contributed by atoms with E-state index >= 15 is 0 Å². The molecule has 2 aromatic rings. The van der Waals surface area contributed by atoms with E-state index in [0.29, 0.717) is 18.8 Å². The van der Waals surface area contributed by atoms with Gasteiger partial charge in [0.15, 0.2) is 0 Å². The number of carbonyl (C=O) groups excluding carboxylic acids is 1. The van der Waals surface area contributed by atoms with Gasteiger partial charge in [-0.2, -0.15) is 0 Å². The number of aromatic amines is 1. The van der Waals surface area contributed by atoms with Crippen LogP contribution in [0.4, 0.5) is 0 Å². The second-order valence-corrected chi connectivity index (χ2v) is 5.75. The summed E-state index contributed by atoms with van der Waals surface area (Å²) in [5, 5.41) is 12.9. The molecule has 2 aromatic heterocycles. The Morgan fingerprint density at radius 2 is 2.40 bits per heavy atom. The Balaban J connectivity index is 1.57. The van der Waals surface area contributed by atoms with E-state index in [1.807, 2.05) is 6.20 Å². The van der Waals surface area contributed by atoms with E-state index in [4.69, 9.17) is 0 Å². The van der Waals surface area contributed by atoms with Crippen molar-refractivity contribution in [3.8, 4) is 0 Å². The van der Waals surface area contributed by atoms with Gasteiger partial charge >= 0.3 is 0 Å². The van der Waals surface area contributed by atoms with Crippen molar-refractivity contribution in [3.63, 3.8) is 0 Å². The number of hydrogen-bond acceptors (Lipinski definition) is 6. The third-order valence-electron chi connectivity index (χ3n) is 3.29. The van der Waals surface area contributed by atoms with E-state index < -0.39 is 6.10 Å². The van der Waals surface area contributed by atoms with Gasteiger partial charge in [-0.05, 0) is 0 Å². The molecule has 8 heteroatoms. The monoisotopic (exact) mass is 293 g/mol. The smallest absolute Gasteiger partial charge is 0.269 e. The SMILES string of the molecule is O=C(N[C@@H]1CN(Cc2cncs2)C[C@H]1O)c1cnc[nH]1. The second-order valence-electron chi connectivity index (χ2n) is 4.77. The Hall–Kier alpha value is -1.77. The first-order valence-electron chi connectivity index (χ1n) is 6.29. The van der Waals surface area contributed by atoms with E-state index in [1.165, 1.54) is 12.5 Å². The molecule has 1 aliphatic heterocycles. The van der Waals surface area contributed by atoms with E-state index in [-0.39, 0.29) is 11.9 Å². The number of rotatable bonds is 4. The lowest BCUT2D eigenvalue weighted by Gasteiger charge is -2.15. The van der Waals surface area contributed by atoms with Crippen molar-refractivity contribution in [2.45, 2.75) is 18.7 Å². The fraction of sp³-hybridized carbons (Fsp3) is 0.417. The van der Waals surface area contributed by atoms with Gasteiger partial charge in [-0.25, -0.2) is 4.98 Å². The number of likely N-dealkylation sites (tertiary alicyclic amines) is 1. The van der Waals surface area contributed by atoms with Crippen molar-refractivity contribution in [2.24, 2.45) is 0 Å². The summed E-state index contributed by atoms with van der Waals surface area (Å²) < 4.78 is 0. The van der Waals surface area contributed by atoms with Gasteiger partial charge in [0.25, 0.3) is 5.91 Å². The highest BCUT2D eigenvalue weighted by Crippen LogP contribution is 2.16. The molecule has 20 heavy (non-hydrogen) atoms. The van der Waals surface area contributed by atoms with Crippen LogP contribution in [0, 0.1) is 0 Å². The number of H-pyrrole nitrogens is 1. The van der Waals surface area contributed by atoms with E-state index in [2.05, 4.69) is 25.2 Å². The van der Waals surface area contributed by atoms with Crippen LogP contribution in [0.2, 0.25) is 0 Å². The lowest BCUT2D eigenvalue weighted by Crippen LogP contribution is -2.42. The standard InChI is InChI=1S/C12H15N5O2S/c18-11-5-17(3-8-1-14-7-20-8)4-10(11)16-12(19)9-2-13-6-15-9/h1-2,6-7,10-11,18H,3-5H2,(H,13,15)(H,16,19)/t10-,11-/m1/s1. The highest BCUT2D eigenvalue weighted by Gasteiger charge is 2.32. The summed E-state index contributed by atoms with van der Waals surface area (Å²) in [5.74, 6) is -0.244. The molecule has 3 N–H and O–H groups in total. The van der Waals surface area contributed by atoms with Gasteiger partial charge in [-0.3, -0.25) is 14.7 Å². The van der Waals surface area contributed by atoms with Gasteiger partial charge in [0.05, 0.1) is 30.2 Å². The molecule has 1 amide bonds. The highest BCUT2D eigenvalue weighted by molar-refractivity contribution is 7.09. The number of aliphatic hydroxyl groups excluding tert-OH is 1. The Kier molecular flexibility index (Phi) is 3.77. The number of amides is 1. The van der Waals surface area contributed by atoms with Gasteiger partial charge in [-0.15, -0.1) is 11.3 Å². The molecular weight excluding hydrogens is 278 g/mol. The summed E-state index contributed by atoms with van der Waals surface area (Å²) in [6.07, 6.45) is 4.19. The van der Waals surface area contributed by atoms with Crippen LogP contribution >= 0.6 is 11.3 Å². The van der Waals surface area contributed by atoms with Crippen LogP contribution in [0.1, 0.15) is 15.4 Å². The van der Waals surface area contributed by atoms with E-state index in [0.717, 1.165) is 11.4 Å². The minimum atomic E-state index is -0.560. The number of aromatic nitrogens is 3. The first-order valence-corrected chi connectivity index (χ1v) is 7.17. The predicted octanol–water partition coefficient (Wildman–Crippen LogP) is -0.159. The minimum absolute atomic E-state index is 0.244. The molecule has 0 aromatic carbocycles. The van der Waals surface area contributed by atoms with Crippen molar-refractivity contribution in [1.29, 1.82) is 0 Å². The molecule has 0 aliphatic carbocycles. The van der Waals surface area contributed by atoms with Crippen LogP contribution in [0.25, 0.3) is 0 Å². The van der Waals surface area contributed by atoms with Crippen molar-refractivity contribution in [3.05, 3.63) is 34.8 Å². The minimum Gasteiger partial charge on any atom is -0.390 e. The van der Waals surface area contributed by atoms with E-state index in [9.17, 15) is 9.90 Å². The maximum Gasteiger partial charge on any atom is 0.269 e. The van der Waals surface area contributed by atoms with Gasteiger partial charge in [-0.1, -0.05) is 0 Å². The number of β-amino-alcohol motifs (C(OH)–C–C–N with tert-alkyl or cyclic N) is 1. The third-order valence-corrected chi connectivity index (χ3v) is 4.05. The summed E-state index contributed by atoms with van der Waals surface area (Å²) in [4.78, 5) is 25.8. The summed E-state index contributed by atoms with van der Waals surface area (Å²) in [6, 6.07) is -0.265. The van der Waals surface area contributed by atoms with Gasteiger partial charge in [0.1, 0.15) is 5.69 Å². The molecule has 3 heterocycles. The number of nitrogens with zero attached hydrogens (tertiary/aromatic N) is 3. The predicted molar refractivity (Wildman–Crippen MR) is 73.2 cm³/mol. The molecule has 0 saturated carbocycles. The Morgan fingerprint density at radius 3 is 3.10 bits per heavy atom. The number of hydrogen-bond donors (Lipinski definition) is 3. The van der Waals surface area contributed by atoms with E-state index in [1.54, 1.807) is 16.8 Å². The Morgan fingerprint density at radius 1 is 1.50 bits per heavy atom. The highest BCUT2D eigenvalue weighted by atomic mass is 32.1. The first-order chi connectivity index (χ1) is 9.72. The number of imidazole rings is 1. The molecule has 0 unspecified atom stereocenters. The second kappa shape index (κ2) is 5.70. The number of carbonyl (C=O) groups is 1. The molecular formula is C12H15N5O2S. The zero-order chi connectivity index (χ0) is 13.9. The Labute approximate surface area is 119 Å². The maximum atomic E-state index is 11.9. The summed E-state index contributed by atoms with van der Waals surface area (Å²) >= 11 is 1.59. The fourth-order valence-electron chi connectivity index (χ4n) is 2.30. The van der Waals surface area contributed by atoms with Gasteiger partial charge < -0.3 is 15.4 Å². The topological polar surface area (TPSA) is 94.1 Å². The molecule has 2 atom stereocenters. The van der Waals surface area contributed by atoms with Gasteiger partial charge in [0, 0.05) is 30.7 Å². The average Bonchev–Trinajstić information content (AvgIpc) is 3.14. The van der Waals surface area contributed by atoms with Crippen LogP contribution < -0.4 is 5.32 Å². The lowest BCUT2D eigenvalue weighted by atomic mass is 10.2. The lowest BCUT2D eigenvalue weighted by molar-refractivity contribution is 0.0884. The molecule has 1 aliphatic rings. The first kappa shape index (κ1) is 13.2. The van der Waals surface area contributed by atoms with Crippen molar-refractivity contribution < 1.29 is 9.90 Å². The summed E-state index contributed by atoms with van der Waals surface area (Å²) in [5.41, 5.74) is 2.19. The average molecular weight is 293 g/mol. The summed E-state index contributed by atoms with van der Waals surface area (Å²) in [6.45, 7) is 1.92. The largest absolute Gasteiger partial charge is 0.390 e. The van der Waals surface area contributed by atoms with Crippen molar-refractivity contribution >= 4 is 17.2 Å². The zero-order valence-corrected chi connectivity index (χ0v) is 11.5. The number of thiazole rings is 1. The maximum absolute atomic E-state index is 11.9.